The third kappa shape index (κ3) is 5.56. The lowest BCUT2D eigenvalue weighted by Gasteiger charge is -2.17. The van der Waals surface area contributed by atoms with Gasteiger partial charge in [-0.15, -0.1) is 0 Å². The van der Waals surface area contributed by atoms with Crippen molar-refractivity contribution in [2.75, 3.05) is 34.7 Å². The van der Waals surface area contributed by atoms with E-state index in [0.29, 0.717) is 10.0 Å². The van der Waals surface area contributed by atoms with Crippen molar-refractivity contribution in [2.45, 2.75) is 24.3 Å². The van der Waals surface area contributed by atoms with Gasteiger partial charge < -0.3 is 10.2 Å². The molecule has 130 valence electrons. The Morgan fingerprint density at radius 2 is 1.87 bits per heavy atom. The van der Waals surface area contributed by atoms with E-state index < -0.39 is 10.0 Å². The maximum atomic E-state index is 12.2. The van der Waals surface area contributed by atoms with E-state index in [2.05, 4.69) is 26.1 Å². The first kappa shape index (κ1) is 20.1. The van der Waals surface area contributed by atoms with E-state index in [9.17, 15) is 13.2 Å². The second-order valence-electron chi connectivity index (χ2n) is 5.90. The van der Waals surface area contributed by atoms with Gasteiger partial charge in [0, 0.05) is 30.2 Å². The molecule has 1 aromatic rings. The zero-order valence-corrected chi connectivity index (χ0v) is 16.5. The molecule has 0 radical (unpaired) electrons. The molecule has 0 aromatic heterocycles. The smallest absolute Gasteiger partial charge is 0.251 e. The van der Waals surface area contributed by atoms with Gasteiger partial charge in [-0.3, -0.25) is 4.79 Å². The minimum atomic E-state index is -3.54. The predicted molar refractivity (Wildman–Crippen MR) is 95.1 cm³/mol. The molecule has 0 aliphatic heterocycles. The van der Waals surface area contributed by atoms with Gasteiger partial charge in [0.25, 0.3) is 5.91 Å². The Morgan fingerprint density at radius 3 is 2.35 bits per heavy atom. The molecule has 0 heterocycles. The van der Waals surface area contributed by atoms with E-state index >= 15 is 0 Å². The number of hydrogen-bond donors (Lipinski definition) is 1. The van der Waals surface area contributed by atoms with Crippen LogP contribution in [-0.2, 0) is 10.0 Å². The zero-order chi connectivity index (χ0) is 17.8. The monoisotopic (exact) mass is 405 g/mol. The Balaban J connectivity index is 2.87. The molecule has 23 heavy (non-hydrogen) atoms. The van der Waals surface area contributed by atoms with Gasteiger partial charge in [-0.05, 0) is 68.1 Å². The number of rotatable bonds is 7. The first-order valence-electron chi connectivity index (χ1n) is 7.23. The zero-order valence-electron chi connectivity index (χ0n) is 14.1. The largest absolute Gasteiger partial charge is 0.350 e. The van der Waals surface area contributed by atoms with E-state index in [0.717, 1.165) is 17.3 Å². The minimum Gasteiger partial charge on any atom is -0.350 e. The number of hydrogen-bond acceptors (Lipinski definition) is 4. The van der Waals surface area contributed by atoms with Crippen LogP contribution < -0.4 is 5.32 Å². The molecule has 0 aliphatic carbocycles. The van der Waals surface area contributed by atoms with Gasteiger partial charge in [0.2, 0.25) is 10.0 Å². The Hall–Kier alpha value is -0.960. The minimum absolute atomic E-state index is 0.0360. The van der Waals surface area contributed by atoms with Crippen LogP contribution in [0.3, 0.4) is 0 Å². The molecule has 0 aliphatic rings. The molecule has 0 saturated heterocycles. The Morgan fingerprint density at radius 1 is 1.26 bits per heavy atom. The number of nitrogens with zero attached hydrogens (tertiary/aromatic N) is 2. The third-order valence-corrected chi connectivity index (χ3v) is 6.13. The van der Waals surface area contributed by atoms with Crippen LogP contribution in [0.25, 0.3) is 0 Å². The van der Waals surface area contributed by atoms with Gasteiger partial charge in [0.1, 0.15) is 0 Å². The molecular formula is C15H24BrN3O3S. The van der Waals surface area contributed by atoms with Crippen LogP contribution in [0.5, 0.6) is 0 Å². The highest BCUT2D eigenvalue weighted by atomic mass is 79.9. The summed E-state index contributed by atoms with van der Waals surface area (Å²) in [7, 11) is 3.36. The maximum absolute atomic E-state index is 12.2. The van der Waals surface area contributed by atoms with Gasteiger partial charge in [-0.2, -0.15) is 0 Å². The Kier molecular flexibility index (Phi) is 7.19. The molecule has 0 spiro atoms. The quantitative estimate of drug-likeness (QED) is 0.750. The normalized spacial score (nSPS) is 13.4. The molecule has 1 aromatic carbocycles. The highest BCUT2D eigenvalue weighted by Gasteiger charge is 2.21. The second kappa shape index (κ2) is 8.23. The van der Waals surface area contributed by atoms with Crippen LogP contribution >= 0.6 is 15.9 Å². The summed E-state index contributed by atoms with van der Waals surface area (Å²) < 4.78 is 25.8. The molecule has 0 bridgehead atoms. The summed E-state index contributed by atoms with van der Waals surface area (Å²) in [4.78, 5) is 14.4. The fourth-order valence-corrected chi connectivity index (χ4v) is 3.81. The molecule has 0 saturated carbocycles. The number of carbonyl (C=O) groups excluding carboxylic acids is 1. The van der Waals surface area contributed by atoms with Gasteiger partial charge in [0.15, 0.2) is 0 Å². The summed E-state index contributed by atoms with van der Waals surface area (Å²) in [5.41, 5.74) is 0.422. The van der Waals surface area contributed by atoms with Crippen molar-refractivity contribution < 1.29 is 13.2 Å². The molecule has 1 unspecified atom stereocenters. The van der Waals surface area contributed by atoms with Crippen LogP contribution in [-0.4, -0.2) is 64.3 Å². The van der Waals surface area contributed by atoms with Crippen LogP contribution in [0.1, 0.15) is 23.7 Å². The Bertz CT molecular complexity index is 660. The summed E-state index contributed by atoms with van der Waals surface area (Å²) >= 11 is 3.24. The van der Waals surface area contributed by atoms with Crippen LogP contribution in [0.4, 0.5) is 0 Å². The van der Waals surface area contributed by atoms with Crippen molar-refractivity contribution in [3.05, 3.63) is 28.2 Å². The first-order chi connectivity index (χ1) is 10.6. The van der Waals surface area contributed by atoms with E-state index in [1.165, 1.54) is 32.3 Å². The lowest BCUT2D eigenvalue weighted by atomic mass is 10.1. The number of benzene rings is 1. The molecule has 1 N–H and O–H groups in total. The number of sulfonamides is 1. The maximum Gasteiger partial charge on any atom is 0.251 e. The van der Waals surface area contributed by atoms with Gasteiger partial charge in [0.05, 0.1) is 4.90 Å². The SMILES string of the molecule is CC(CCN(C)C)NC(=O)c1ccc(S(=O)(=O)N(C)C)c(Br)c1. The number of carbonyl (C=O) groups is 1. The van der Waals surface area contributed by atoms with E-state index in [-0.39, 0.29) is 16.8 Å². The van der Waals surface area contributed by atoms with Gasteiger partial charge >= 0.3 is 0 Å². The predicted octanol–water partition coefficient (Wildman–Crippen LogP) is 1.77. The lowest BCUT2D eigenvalue weighted by molar-refractivity contribution is 0.0936. The molecule has 1 rings (SSSR count). The fourth-order valence-electron chi connectivity index (χ4n) is 1.88. The van der Waals surface area contributed by atoms with Crippen molar-refractivity contribution in [3.8, 4) is 0 Å². The summed E-state index contributed by atoms with van der Waals surface area (Å²) in [5.74, 6) is -0.217. The molecule has 1 atom stereocenters. The van der Waals surface area contributed by atoms with Crippen molar-refractivity contribution in [1.82, 2.24) is 14.5 Å². The summed E-state index contributed by atoms with van der Waals surface area (Å²) in [6, 6.07) is 4.53. The number of halogens is 1. The summed E-state index contributed by atoms with van der Waals surface area (Å²) in [5, 5.41) is 2.91. The van der Waals surface area contributed by atoms with Gasteiger partial charge in [-0.1, -0.05) is 0 Å². The lowest BCUT2D eigenvalue weighted by Crippen LogP contribution is -2.34. The fraction of sp³-hybridized carbons (Fsp3) is 0.533. The molecular weight excluding hydrogens is 382 g/mol. The molecule has 6 nitrogen and oxygen atoms in total. The van der Waals surface area contributed by atoms with E-state index in [1.807, 2.05) is 21.0 Å². The standard InChI is InChI=1S/C15H24BrN3O3S/c1-11(8-9-18(2)3)17-15(20)12-6-7-14(13(16)10-12)23(21,22)19(4)5/h6-7,10-11H,8-9H2,1-5H3,(H,17,20). The Labute approximate surface area is 147 Å². The molecule has 0 fully saturated rings. The average molecular weight is 406 g/mol. The highest BCUT2D eigenvalue weighted by molar-refractivity contribution is 9.10. The van der Waals surface area contributed by atoms with E-state index in [4.69, 9.17) is 0 Å². The second-order valence-corrected chi connectivity index (χ2v) is 8.87. The van der Waals surface area contributed by atoms with Crippen molar-refractivity contribution >= 4 is 31.9 Å². The van der Waals surface area contributed by atoms with Crippen LogP contribution in [0.2, 0.25) is 0 Å². The topological polar surface area (TPSA) is 69.7 Å². The highest BCUT2D eigenvalue weighted by Crippen LogP contribution is 2.25. The third-order valence-electron chi connectivity index (χ3n) is 3.34. The van der Waals surface area contributed by atoms with Crippen molar-refractivity contribution in [3.63, 3.8) is 0 Å². The molecule has 1 amide bonds. The summed E-state index contributed by atoms with van der Waals surface area (Å²) in [6.07, 6.45) is 0.840. The van der Waals surface area contributed by atoms with Crippen LogP contribution in [0, 0.1) is 0 Å². The number of nitrogens with one attached hydrogen (secondary N) is 1. The first-order valence-corrected chi connectivity index (χ1v) is 9.46. The molecule has 8 heteroatoms. The summed E-state index contributed by atoms with van der Waals surface area (Å²) in [6.45, 7) is 2.83. The van der Waals surface area contributed by atoms with Gasteiger partial charge in [-0.25, -0.2) is 12.7 Å². The van der Waals surface area contributed by atoms with Crippen molar-refractivity contribution in [2.24, 2.45) is 0 Å². The average Bonchev–Trinajstić information content (AvgIpc) is 2.44. The van der Waals surface area contributed by atoms with Crippen LogP contribution in [0.15, 0.2) is 27.6 Å². The van der Waals surface area contributed by atoms with Crippen molar-refractivity contribution in [1.29, 1.82) is 0 Å². The van der Waals surface area contributed by atoms with E-state index in [1.54, 1.807) is 0 Å². The number of amides is 1.